The molecule has 108 valence electrons. The summed E-state index contributed by atoms with van der Waals surface area (Å²) in [4.78, 5) is 0. The molecule has 0 amide bonds. The Bertz CT molecular complexity index is 525. The summed E-state index contributed by atoms with van der Waals surface area (Å²) >= 11 is 0. The van der Waals surface area contributed by atoms with Crippen molar-refractivity contribution in [3.8, 4) is 0 Å². The number of rotatable bonds is 8. The van der Waals surface area contributed by atoms with Gasteiger partial charge in [0.1, 0.15) is 0 Å². The SMILES string of the molecule is CCCCCCCCCc1c(C)ccc2ccccc12. The van der Waals surface area contributed by atoms with Gasteiger partial charge in [-0.15, -0.1) is 0 Å². The molecule has 0 saturated heterocycles. The maximum atomic E-state index is 2.28. The van der Waals surface area contributed by atoms with Gasteiger partial charge >= 0.3 is 0 Å². The molecule has 0 N–H and O–H groups in total. The molecule has 20 heavy (non-hydrogen) atoms. The average molecular weight is 268 g/mol. The van der Waals surface area contributed by atoms with E-state index >= 15 is 0 Å². The molecule has 0 saturated carbocycles. The summed E-state index contributed by atoms with van der Waals surface area (Å²) < 4.78 is 0. The molecular formula is C20H28. The monoisotopic (exact) mass is 268 g/mol. The molecule has 0 heterocycles. The fourth-order valence-corrected chi connectivity index (χ4v) is 3.04. The lowest BCUT2D eigenvalue weighted by molar-refractivity contribution is 0.589. The van der Waals surface area contributed by atoms with E-state index in [9.17, 15) is 0 Å². The van der Waals surface area contributed by atoms with E-state index in [0.717, 1.165) is 0 Å². The second-order valence-corrected chi connectivity index (χ2v) is 5.95. The predicted octanol–water partition coefficient (Wildman–Crippen LogP) is 6.44. The van der Waals surface area contributed by atoms with Gasteiger partial charge in [-0.2, -0.15) is 0 Å². The number of benzene rings is 2. The lowest BCUT2D eigenvalue weighted by Gasteiger charge is -2.10. The quantitative estimate of drug-likeness (QED) is 0.483. The molecule has 0 nitrogen and oxygen atoms in total. The van der Waals surface area contributed by atoms with Crippen molar-refractivity contribution in [3.05, 3.63) is 47.5 Å². The lowest BCUT2D eigenvalue weighted by Crippen LogP contribution is -1.92. The molecule has 0 unspecified atom stereocenters. The van der Waals surface area contributed by atoms with Crippen LogP contribution < -0.4 is 0 Å². The van der Waals surface area contributed by atoms with Gasteiger partial charge in [0.25, 0.3) is 0 Å². The van der Waals surface area contributed by atoms with Crippen molar-refractivity contribution in [2.45, 2.75) is 65.2 Å². The predicted molar refractivity (Wildman–Crippen MR) is 90.4 cm³/mol. The van der Waals surface area contributed by atoms with Crippen LogP contribution in [0.15, 0.2) is 36.4 Å². The van der Waals surface area contributed by atoms with Crippen LogP contribution in [0.5, 0.6) is 0 Å². The Morgan fingerprint density at radius 2 is 1.45 bits per heavy atom. The van der Waals surface area contributed by atoms with Gasteiger partial charge in [0, 0.05) is 0 Å². The van der Waals surface area contributed by atoms with Crippen LogP contribution in [-0.2, 0) is 6.42 Å². The zero-order chi connectivity index (χ0) is 14.2. The Kier molecular flexibility index (Phi) is 6.11. The van der Waals surface area contributed by atoms with Crippen molar-refractivity contribution in [1.29, 1.82) is 0 Å². The third-order valence-corrected chi connectivity index (χ3v) is 4.31. The third kappa shape index (κ3) is 4.10. The molecule has 0 heteroatoms. The zero-order valence-corrected chi connectivity index (χ0v) is 13.1. The Balaban J connectivity index is 1.88. The first-order valence-corrected chi connectivity index (χ1v) is 8.30. The summed E-state index contributed by atoms with van der Waals surface area (Å²) in [6.45, 7) is 4.53. The van der Waals surface area contributed by atoms with Crippen molar-refractivity contribution in [1.82, 2.24) is 0 Å². The van der Waals surface area contributed by atoms with E-state index in [2.05, 4.69) is 50.2 Å². The molecule has 0 bridgehead atoms. The first-order chi connectivity index (χ1) is 9.83. The molecule has 0 atom stereocenters. The molecule has 0 spiro atoms. The summed E-state index contributed by atoms with van der Waals surface area (Å²) in [5, 5.41) is 2.84. The van der Waals surface area contributed by atoms with Crippen LogP contribution in [0, 0.1) is 6.92 Å². The highest BCUT2D eigenvalue weighted by molar-refractivity contribution is 5.86. The maximum absolute atomic E-state index is 2.28. The van der Waals surface area contributed by atoms with Crippen LogP contribution >= 0.6 is 0 Å². The van der Waals surface area contributed by atoms with E-state index < -0.39 is 0 Å². The normalized spacial score (nSPS) is 11.1. The van der Waals surface area contributed by atoms with Crippen LogP contribution in [-0.4, -0.2) is 0 Å². The summed E-state index contributed by atoms with van der Waals surface area (Å²) in [7, 11) is 0. The fraction of sp³-hybridized carbons (Fsp3) is 0.500. The molecule has 2 rings (SSSR count). The van der Waals surface area contributed by atoms with Gasteiger partial charge in [0.15, 0.2) is 0 Å². The van der Waals surface area contributed by atoms with Crippen molar-refractivity contribution < 1.29 is 0 Å². The minimum absolute atomic E-state index is 1.24. The van der Waals surface area contributed by atoms with E-state index in [4.69, 9.17) is 0 Å². The summed E-state index contributed by atoms with van der Waals surface area (Å²) in [6.07, 6.45) is 10.9. The van der Waals surface area contributed by atoms with E-state index in [1.165, 1.54) is 67.7 Å². The molecule has 0 aliphatic carbocycles. The van der Waals surface area contributed by atoms with Crippen molar-refractivity contribution >= 4 is 10.8 Å². The van der Waals surface area contributed by atoms with E-state index in [0.29, 0.717) is 0 Å². The van der Waals surface area contributed by atoms with Crippen LogP contribution in [0.1, 0.15) is 63.0 Å². The summed E-state index contributed by atoms with van der Waals surface area (Å²) in [5.41, 5.74) is 3.02. The van der Waals surface area contributed by atoms with Crippen LogP contribution in [0.2, 0.25) is 0 Å². The maximum Gasteiger partial charge on any atom is -0.0149 e. The van der Waals surface area contributed by atoms with Gasteiger partial charge in [-0.25, -0.2) is 0 Å². The van der Waals surface area contributed by atoms with Crippen molar-refractivity contribution in [2.24, 2.45) is 0 Å². The molecule has 0 aromatic heterocycles. The topological polar surface area (TPSA) is 0 Å². The number of fused-ring (bicyclic) bond motifs is 1. The number of aryl methyl sites for hydroxylation is 2. The van der Waals surface area contributed by atoms with Gasteiger partial charge in [-0.1, -0.05) is 81.8 Å². The van der Waals surface area contributed by atoms with Crippen LogP contribution in [0.25, 0.3) is 10.8 Å². The van der Waals surface area contributed by atoms with E-state index in [1.807, 2.05) is 0 Å². The Morgan fingerprint density at radius 1 is 0.750 bits per heavy atom. The summed E-state index contributed by atoms with van der Waals surface area (Å²) in [6, 6.07) is 13.3. The largest absolute Gasteiger partial charge is 0.0654 e. The molecule has 0 aliphatic heterocycles. The Hall–Kier alpha value is -1.30. The Morgan fingerprint density at radius 3 is 2.25 bits per heavy atom. The van der Waals surface area contributed by atoms with Gasteiger partial charge in [-0.05, 0) is 41.7 Å². The number of hydrogen-bond acceptors (Lipinski definition) is 0. The number of hydrogen-bond donors (Lipinski definition) is 0. The molecule has 2 aromatic carbocycles. The highest BCUT2D eigenvalue weighted by atomic mass is 14.1. The highest BCUT2D eigenvalue weighted by Crippen LogP contribution is 2.24. The van der Waals surface area contributed by atoms with E-state index in [1.54, 1.807) is 5.56 Å². The number of unbranched alkanes of at least 4 members (excludes halogenated alkanes) is 6. The highest BCUT2D eigenvalue weighted by Gasteiger charge is 2.04. The van der Waals surface area contributed by atoms with Crippen molar-refractivity contribution in [2.75, 3.05) is 0 Å². The molecular weight excluding hydrogens is 240 g/mol. The second-order valence-electron chi connectivity index (χ2n) is 5.95. The minimum atomic E-state index is 1.24. The van der Waals surface area contributed by atoms with Crippen LogP contribution in [0.4, 0.5) is 0 Å². The van der Waals surface area contributed by atoms with Gasteiger partial charge < -0.3 is 0 Å². The molecule has 0 aliphatic rings. The van der Waals surface area contributed by atoms with Crippen LogP contribution in [0.3, 0.4) is 0 Å². The standard InChI is InChI=1S/C20H28/c1-3-4-5-6-7-8-9-13-19-17(2)15-16-18-12-10-11-14-20(18)19/h10-12,14-16H,3-9,13H2,1-2H3. The smallest absolute Gasteiger partial charge is 0.0149 e. The first kappa shape index (κ1) is 15.1. The fourth-order valence-electron chi connectivity index (χ4n) is 3.04. The molecule has 0 fully saturated rings. The lowest BCUT2D eigenvalue weighted by atomic mass is 9.95. The van der Waals surface area contributed by atoms with Gasteiger partial charge in [-0.3, -0.25) is 0 Å². The minimum Gasteiger partial charge on any atom is -0.0654 e. The third-order valence-electron chi connectivity index (χ3n) is 4.31. The zero-order valence-electron chi connectivity index (χ0n) is 13.1. The van der Waals surface area contributed by atoms with Crippen molar-refractivity contribution in [3.63, 3.8) is 0 Å². The average Bonchev–Trinajstić information content (AvgIpc) is 2.48. The molecule has 0 radical (unpaired) electrons. The molecule has 2 aromatic rings. The second kappa shape index (κ2) is 8.09. The summed E-state index contributed by atoms with van der Waals surface area (Å²) in [5.74, 6) is 0. The van der Waals surface area contributed by atoms with Gasteiger partial charge in [0.2, 0.25) is 0 Å². The van der Waals surface area contributed by atoms with E-state index in [-0.39, 0.29) is 0 Å². The Labute approximate surface area is 124 Å². The first-order valence-electron chi connectivity index (χ1n) is 8.30. The van der Waals surface area contributed by atoms with Gasteiger partial charge in [0.05, 0.1) is 0 Å².